The van der Waals surface area contributed by atoms with Crippen molar-refractivity contribution in [2.45, 2.75) is 18.4 Å². The summed E-state index contributed by atoms with van der Waals surface area (Å²) in [6.45, 7) is 3.71. The highest BCUT2D eigenvalue weighted by molar-refractivity contribution is 6.20. The van der Waals surface area contributed by atoms with Crippen molar-refractivity contribution in [3.8, 4) is 5.69 Å². The van der Waals surface area contributed by atoms with Gasteiger partial charge in [-0.2, -0.15) is 5.10 Å². The molecule has 6 heteroatoms. The molecule has 2 heterocycles. The predicted octanol–water partition coefficient (Wildman–Crippen LogP) is 2.61. The van der Waals surface area contributed by atoms with Crippen LogP contribution in [0, 0.1) is 0 Å². The Bertz CT molecular complexity index is 1120. The van der Waals surface area contributed by atoms with Crippen molar-refractivity contribution in [2.75, 3.05) is 5.88 Å². The summed E-state index contributed by atoms with van der Waals surface area (Å²) in [6.07, 6.45) is 9.03. The van der Waals surface area contributed by atoms with Crippen LogP contribution < -0.4 is 15.9 Å². The maximum absolute atomic E-state index is 12.9. The highest BCUT2D eigenvalue weighted by Crippen LogP contribution is 2.44. The van der Waals surface area contributed by atoms with E-state index in [0.717, 1.165) is 34.8 Å². The molecule has 0 spiro atoms. The van der Waals surface area contributed by atoms with Crippen LogP contribution in [0.15, 0.2) is 61.3 Å². The Morgan fingerprint density at radius 1 is 1.32 bits per heavy atom. The smallest absolute Gasteiger partial charge is 0.268 e. The van der Waals surface area contributed by atoms with E-state index in [1.54, 1.807) is 6.08 Å². The Hall–Kier alpha value is -3.05. The van der Waals surface area contributed by atoms with E-state index in [2.05, 4.69) is 16.9 Å². The monoisotopic (exact) mass is 392 g/mol. The number of nitrogens with one attached hydrogen (secondary N) is 2. The van der Waals surface area contributed by atoms with Gasteiger partial charge in [0.15, 0.2) is 0 Å². The lowest BCUT2D eigenvalue weighted by molar-refractivity contribution is 0.0925. The molecule has 28 heavy (non-hydrogen) atoms. The third kappa shape index (κ3) is 3.53. The Morgan fingerprint density at radius 3 is 2.79 bits per heavy atom. The molecule has 1 saturated carbocycles. The molecular weight excluding hydrogens is 372 g/mol. The second kappa shape index (κ2) is 7.52. The number of allylic oxidation sites excluding steroid dienone is 1. The lowest BCUT2D eigenvalue weighted by atomic mass is 10.2. The first-order chi connectivity index (χ1) is 13.6. The first-order valence-corrected chi connectivity index (χ1v) is 9.71. The second-order valence-electron chi connectivity index (χ2n) is 6.83. The van der Waals surface area contributed by atoms with E-state index in [1.807, 2.05) is 65.5 Å². The van der Waals surface area contributed by atoms with Crippen molar-refractivity contribution in [2.24, 2.45) is 0 Å². The molecule has 1 aliphatic carbocycles. The van der Waals surface area contributed by atoms with Crippen LogP contribution >= 0.6 is 11.6 Å². The van der Waals surface area contributed by atoms with E-state index in [-0.39, 0.29) is 5.91 Å². The van der Waals surface area contributed by atoms with Crippen LogP contribution in [0.25, 0.3) is 17.8 Å². The van der Waals surface area contributed by atoms with Crippen molar-refractivity contribution in [3.05, 3.63) is 83.3 Å². The summed E-state index contributed by atoms with van der Waals surface area (Å²) in [4.78, 5) is 16.0. The van der Waals surface area contributed by atoms with Crippen molar-refractivity contribution < 1.29 is 4.79 Å². The molecule has 142 valence electrons. The number of rotatable bonds is 6. The number of H-pyrrole nitrogens is 1. The van der Waals surface area contributed by atoms with Crippen LogP contribution in [0.4, 0.5) is 0 Å². The fourth-order valence-electron chi connectivity index (χ4n) is 3.28. The van der Waals surface area contributed by atoms with Gasteiger partial charge in [0.2, 0.25) is 0 Å². The summed E-state index contributed by atoms with van der Waals surface area (Å²) in [5, 5.41) is 9.55. The number of alkyl halides is 1. The number of hydrogen-bond donors (Lipinski definition) is 2. The van der Waals surface area contributed by atoms with E-state index in [1.165, 1.54) is 0 Å². The van der Waals surface area contributed by atoms with Crippen LogP contribution in [-0.4, -0.2) is 26.6 Å². The molecule has 2 aromatic heterocycles. The molecule has 1 fully saturated rings. The Kier molecular flexibility index (Phi) is 4.92. The van der Waals surface area contributed by atoms with Crippen molar-refractivity contribution in [1.29, 1.82) is 0 Å². The minimum atomic E-state index is -0.402. The average Bonchev–Trinajstić information content (AvgIpc) is 3.14. The summed E-state index contributed by atoms with van der Waals surface area (Å²) in [5.74, 6) is 0.220. The fourth-order valence-corrected chi connectivity index (χ4v) is 3.44. The van der Waals surface area contributed by atoms with Crippen LogP contribution in [-0.2, 0) is 5.54 Å². The Morgan fingerprint density at radius 2 is 2.11 bits per heavy atom. The SMILES string of the molecule is C=C/C=c1/[nH]c(C(=O)NC2(c3ccn(-c4ccccc4)n3)CC2)c/c1=C/CCl. The van der Waals surface area contributed by atoms with Crippen LogP contribution in [0.1, 0.15) is 29.0 Å². The van der Waals surface area contributed by atoms with Crippen molar-refractivity contribution in [3.63, 3.8) is 0 Å². The quantitative estimate of drug-likeness (QED) is 0.633. The van der Waals surface area contributed by atoms with Gasteiger partial charge in [-0.05, 0) is 48.4 Å². The third-order valence-electron chi connectivity index (χ3n) is 4.91. The maximum atomic E-state index is 12.9. The highest BCUT2D eigenvalue weighted by atomic mass is 35.5. The van der Waals surface area contributed by atoms with E-state index in [9.17, 15) is 4.79 Å². The Balaban J connectivity index is 1.58. The van der Waals surface area contributed by atoms with E-state index in [0.29, 0.717) is 11.6 Å². The largest absolute Gasteiger partial charge is 0.351 e. The summed E-state index contributed by atoms with van der Waals surface area (Å²) < 4.78 is 1.83. The first-order valence-electron chi connectivity index (χ1n) is 9.17. The van der Waals surface area contributed by atoms with Crippen LogP contribution in [0.3, 0.4) is 0 Å². The standard InChI is InChI=1S/C22H21ClN4O/c1-2-6-18-16(9-13-23)15-19(24-18)21(28)25-22(11-12-22)20-10-14-27(26-20)17-7-4-3-5-8-17/h2-10,14-15,24H,1,11-13H2,(H,25,28)/b16-9-,18-6+. The molecule has 3 aromatic rings. The molecule has 0 unspecified atom stereocenters. The summed E-state index contributed by atoms with van der Waals surface area (Å²) in [6, 6.07) is 13.7. The number of aromatic amines is 1. The number of amides is 1. The molecular formula is C22H21ClN4O. The van der Waals surface area contributed by atoms with Gasteiger partial charge in [0.05, 0.1) is 16.9 Å². The summed E-state index contributed by atoms with van der Waals surface area (Å²) in [5.41, 5.74) is 1.96. The van der Waals surface area contributed by atoms with Gasteiger partial charge in [-0.15, -0.1) is 11.6 Å². The molecule has 0 radical (unpaired) electrons. The average molecular weight is 393 g/mol. The van der Waals surface area contributed by atoms with Crippen LogP contribution in [0.5, 0.6) is 0 Å². The molecule has 0 aliphatic heterocycles. The summed E-state index contributed by atoms with van der Waals surface area (Å²) in [7, 11) is 0. The van der Waals surface area contributed by atoms with Gasteiger partial charge in [0.1, 0.15) is 5.69 Å². The second-order valence-corrected chi connectivity index (χ2v) is 7.14. The fraction of sp³-hybridized carbons (Fsp3) is 0.182. The van der Waals surface area contributed by atoms with Gasteiger partial charge >= 0.3 is 0 Å². The minimum Gasteiger partial charge on any atom is -0.351 e. The van der Waals surface area contributed by atoms with Gasteiger partial charge in [-0.3, -0.25) is 4.79 Å². The van der Waals surface area contributed by atoms with Gasteiger partial charge in [-0.25, -0.2) is 4.68 Å². The molecule has 0 saturated heterocycles. The first kappa shape index (κ1) is 18.3. The van der Waals surface area contributed by atoms with Gasteiger partial charge in [-0.1, -0.05) is 36.9 Å². The van der Waals surface area contributed by atoms with E-state index in [4.69, 9.17) is 16.7 Å². The molecule has 1 amide bonds. The zero-order valence-electron chi connectivity index (χ0n) is 15.4. The molecule has 1 aliphatic rings. The predicted molar refractivity (Wildman–Crippen MR) is 112 cm³/mol. The molecule has 4 rings (SSSR count). The van der Waals surface area contributed by atoms with Crippen molar-refractivity contribution in [1.82, 2.24) is 20.1 Å². The van der Waals surface area contributed by atoms with E-state index < -0.39 is 5.54 Å². The minimum absolute atomic E-state index is 0.153. The number of nitrogens with zero attached hydrogens (tertiary/aromatic N) is 2. The molecule has 0 atom stereocenters. The zero-order valence-corrected chi connectivity index (χ0v) is 16.1. The number of carbonyl (C=O) groups excluding carboxylic acids is 1. The van der Waals surface area contributed by atoms with Crippen molar-refractivity contribution >= 4 is 29.7 Å². The number of benzene rings is 1. The van der Waals surface area contributed by atoms with Crippen LogP contribution in [0.2, 0.25) is 0 Å². The Labute approximate surface area is 168 Å². The number of halogens is 1. The molecule has 2 N–H and O–H groups in total. The normalized spacial score (nSPS) is 16.2. The number of aromatic nitrogens is 3. The van der Waals surface area contributed by atoms with Gasteiger partial charge < -0.3 is 10.3 Å². The number of hydrogen-bond acceptors (Lipinski definition) is 2. The molecule has 1 aromatic carbocycles. The maximum Gasteiger partial charge on any atom is 0.268 e. The third-order valence-corrected chi connectivity index (χ3v) is 5.06. The lowest BCUT2D eigenvalue weighted by Crippen LogP contribution is -2.35. The summed E-state index contributed by atoms with van der Waals surface area (Å²) >= 11 is 5.83. The molecule has 0 bridgehead atoms. The molecule has 5 nitrogen and oxygen atoms in total. The lowest BCUT2D eigenvalue weighted by Gasteiger charge is -2.14. The zero-order chi connectivity index (χ0) is 19.6. The van der Waals surface area contributed by atoms with E-state index >= 15 is 0 Å². The van der Waals surface area contributed by atoms with Gasteiger partial charge in [0, 0.05) is 17.4 Å². The topological polar surface area (TPSA) is 62.7 Å². The van der Waals surface area contributed by atoms with Gasteiger partial charge in [0.25, 0.3) is 5.91 Å². The number of carbonyl (C=O) groups is 1. The highest BCUT2D eigenvalue weighted by Gasteiger charge is 2.48. The number of para-hydroxylation sites is 1.